The molecule has 0 saturated heterocycles. The second kappa shape index (κ2) is 6.69. The van der Waals surface area contributed by atoms with Gasteiger partial charge in [-0.3, -0.25) is 9.59 Å². The normalized spacial score (nSPS) is 10.6. The Hall–Kier alpha value is -2.56. The van der Waals surface area contributed by atoms with E-state index in [1.807, 2.05) is 49.6 Å². The van der Waals surface area contributed by atoms with Gasteiger partial charge in [0.2, 0.25) is 0 Å². The maximum Gasteiger partial charge on any atom is 0.305 e. The summed E-state index contributed by atoms with van der Waals surface area (Å²) in [5, 5.41) is 8.75. The zero-order chi connectivity index (χ0) is 17.1. The number of aromatic nitrogens is 1. The fraction of sp³-hybridized carbons (Fsp3) is 0.333. The molecule has 122 valence electrons. The Morgan fingerprint density at radius 2 is 1.87 bits per heavy atom. The van der Waals surface area contributed by atoms with Gasteiger partial charge < -0.3 is 14.6 Å². The number of carboxylic acids is 1. The molecule has 2 aromatic rings. The van der Waals surface area contributed by atoms with E-state index in [9.17, 15) is 9.59 Å². The van der Waals surface area contributed by atoms with E-state index in [-0.39, 0.29) is 18.9 Å². The third-order valence-electron chi connectivity index (χ3n) is 3.93. The minimum absolute atomic E-state index is 0.0567. The van der Waals surface area contributed by atoms with E-state index in [1.54, 1.807) is 7.05 Å². The largest absolute Gasteiger partial charge is 0.481 e. The Morgan fingerprint density at radius 1 is 1.17 bits per heavy atom. The Balaban J connectivity index is 2.34. The lowest BCUT2D eigenvalue weighted by atomic mass is 10.2. The van der Waals surface area contributed by atoms with E-state index >= 15 is 0 Å². The molecule has 0 aliphatic rings. The number of nitrogens with zero attached hydrogens (tertiary/aromatic N) is 2. The second-order valence-corrected chi connectivity index (χ2v) is 5.83. The van der Waals surface area contributed by atoms with Gasteiger partial charge >= 0.3 is 5.97 Å². The van der Waals surface area contributed by atoms with E-state index in [1.165, 1.54) is 4.90 Å². The number of hydrogen-bond acceptors (Lipinski definition) is 2. The summed E-state index contributed by atoms with van der Waals surface area (Å²) in [5.41, 5.74) is 4.62. The molecule has 0 aliphatic carbocycles. The van der Waals surface area contributed by atoms with Crippen LogP contribution >= 0.6 is 0 Å². The predicted molar refractivity (Wildman–Crippen MR) is 89.2 cm³/mol. The molecule has 1 amide bonds. The maximum absolute atomic E-state index is 12.6. The lowest BCUT2D eigenvalue weighted by Gasteiger charge is -2.16. The number of aryl methyl sites for hydroxylation is 2. The molecule has 23 heavy (non-hydrogen) atoms. The Labute approximate surface area is 136 Å². The molecule has 5 heteroatoms. The molecule has 0 fully saturated rings. The van der Waals surface area contributed by atoms with Gasteiger partial charge in [0.05, 0.1) is 12.0 Å². The van der Waals surface area contributed by atoms with Crippen LogP contribution in [0.4, 0.5) is 0 Å². The number of carboxylic acid groups (broad SMARTS) is 1. The summed E-state index contributed by atoms with van der Waals surface area (Å²) < 4.78 is 2.05. The molecular weight excluding hydrogens is 292 g/mol. The summed E-state index contributed by atoms with van der Waals surface area (Å²) in [6, 6.07) is 9.96. The van der Waals surface area contributed by atoms with Crippen molar-refractivity contribution in [1.29, 1.82) is 0 Å². The summed E-state index contributed by atoms with van der Waals surface area (Å²) in [4.78, 5) is 24.7. The van der Waals surface area contributed by atoms with Gasteiger partial charge in [0, 0.05) is 30.7 Å². The summed E-state index contributed by atoms with van der Waals surface area (Å²) in [6.07, 6.45) is -0.0567. The Kier molecular flexibility index (Phi) is 4.89. The predicted octanol–water partition coefficient (Wildman–Crippen LogP) is 2.95. The smallest absolute Gasteiger partial charge is 0.305 e. The lowest BCUT2D eigenvalue weighted by Crippen LogP contribution is -2.29. The van der Waals surface area contributed by atoms with Crippen LogP contribution in [0, 0.1) is 20.8 Å². The topological polar surface area (TPSA) is 62.5 Å². The van der Waals surface area contributed by atoms with E-state index in [0.29, 0.717) is 5.56 Å². The van der Waals surface area contributed by atoms with Gasteiger partial charge in [-0.15, -0.1) is 0 Å². The molecule has 1 N–H and O–H groups in total. The van der Waals surface area contributed by atoms with Gasteiger partial charge in [-0.1, -0.05) is 12.1 Å². The van der Waals surface area contributed by atoms with Crippen molar-refractivity contribution in [3.05, 3.63) is 52.8 Å². The minimum atomic E-state index is -0.908. The molecule has 0 aliphatic heterocycles. The van der Waals surface area contributed by atoms with Crippen LogP contribution in [0.2, 0.25) is 0 Å². The summed E-state index contributed by atoms with van der Waals surface area (Å²) in [7, 11) is 1.63. The molecular formula is C18H22N2O3. The highest BCUT2D eigenvalue weighted by Gasteiger charge is 2.20. The third-order valence-corrected chi connectivity index (χ3v) is 3.93. The first-order chi connectivity index (χ1) is 10.8. The first-order valence-electron chi connectivity index (χ1n) is 7.54. The average molecular weight is 314 g/mol. The number of hydrogen-bond donors (Lipinski definition) is 1. The standard InChI is InChI=1S/C18H22N2O3/c1-12-6-5-7-15(10-12)20-13(2)11-16(14(20)3)18(23)19(4)9-8-17(21)22/h5-7,10-11H,8-9H2,1-4H3,(H,21,22). The van der Waals surface area contributed by atoms with Gasteiger partial charge in [-0.25, -0.2) is 0 Å². The summed E-state index contributed by atoms with van der Waals surface area (Å²) in [5.74, 6) is -1.06. The zero-order valence-corrected chi connectivity index (χ0v) is 14.0. The molecule has 2 rings (SSSR count). The van der Waals surface area contributed by atoms with Crippen LogP contribution in [-0.2, 0) is 4.79 Å². The average Bonchev–Trinajstić information content (AvgIpc) is 2.78. The van der Waals surface area contributed by atoms with Gasteiger partial charge in [-0.2, -0.15) is 0 Å². The van der Waals surface area contributed by atoms with Crippen LogP contribution in [0.1, 0.15) is 33.7 Å². The highest BCUT2D eigenvalue weighted by Crippen LogP contribution is 2.22. The van der Waals surface area contributed by atoms with Crippen molar-refractivity contribution in [3.63, 3.8) is 0 Å². The highest BCUT2D eigenvalue weighted by atomic mass is 16.4. The van der Waals surface area contributed by atoms with Gasteiger partial charge in [0.15, 0.2) is 0 Å². The number of carbonyl (C=O) groups excluding carboxylic acids is 1. The highest BCUT2D eigenvalue weighted by molar-refractivity contribution is 5.96. The van der Waals surface area contributed by atoms with Crippen LogP contribution in [0.25, 0.3) is 5.69 Å². The zero-order valence-electron chi connectivity index (χ0n) is 14.0. The molecule has 1 heterocycles. The molecule has 0 atom stereocenters. The fourth-order valence-electron chi connectivity index (χ4n) is 2.71. The van der Waals surface area contributed by atoms with Crippen LogP contribution < -0.4 is 0 Å². The lowest BCUT2D eigenvalue weighted by molar-refractivity contribution is -0.137. The van der Waals surface area contributed by atoms with Crippen molar-refractivity contribution in [3.8, 4) is 5.69 Å². The molecule has 0 bridgehead atoms. The first kappa shape index (κ1) is 16.8. The van der Waals surface area contributed by atoms with Crippen molar-refractivity contribution in [2.75, 3.05) is 13.6 Å². The van der Waals surface area contributed by atoms with Crippen molar-refractivity contribution < 1.29 is 14.7 Å². The van der Waals surface area contributed by atoms with Crippen molar-refractivity contribution in [1.82, 2.24) is 9.47 Å². The van der Waals surface area contributed by atoms with E-state index < -0.39 is 5.97 Å². The quantitative estimate of drug-likeness (QED) is 0.923. The van der Waals surface area contributed by atoms with Crippen LogP contribution in [-0.4, -0.2) is 40.0 Å². The van der Waals surface area contributed by atoms with Crippen molar-refractivity contribution in [2.45, 2.75) is 27.2 Å². The van der Waals surface area contributed by atoms with E-state index in [2.05, 4.69) is 6.07 Å². The molecule has 1 aromatic carbocycles. The SMILES string of the molecule is Cc1cccc(-n2c(C)cc(C(=O)N(C)CCC(=O)O)c2C)c1. The number of aliphatic carboxylic acids is 1. The molecule has 0 unspecified atom stereocenters. The van der Waals surface area contributed by atoms with E-state index in [0.717, 1.165) is 22.6 Å². The first-order valence-corrected chi connectivity index (χ1v) is 7.54. The van der Waals surface area contributed by atoms with Crippen LogP contribution in [0.5, 0.6) is 0 Å². The van der Waals surface area contributed by atoms with Gasteiger partial charge in [-0.05, 0) is 44.5 Å². The Morgan fingerprint density at radius 3 is 2.48 bits per heavy atom. The molecule has 0 spiro atoms. The van der Waals surface area contributed by atoms with Crippen molar-refractivity contribution >= 4 is 11.9 Å². The fourth-order valence-corrected chi connectivity index (χ4v) is 2.71. The number of benzene rings is 1. The maximum atomic E-state index is 12.6. The third kappa shape index (κ3) is 3.62. The van der Waals surface area contributed by atoms with Crippen molar-refractivity contribution in [2.24, 2.45) is 0 Å². The van der Waals surface area contributed by atoms with Gasteiger partial charge in [0.25, 0.3) is 5.91 Å². The van der Waals surface area contributed by atoms with Gasteiger partial charge in [0.1, 0.15) is 0 Å². The monoisotopic (exact) mass is 314 g/mol. The second-order valence-electron chi connectivity index (χ2n) is 5.83. The molecule has 1 aromatic heterocycles. The summed E-state index contributed by atoms with van der Waals surface area (Å²) in [6.45, 7) is 6.10. The number of carbonyl (C=O) groups is 2. The van der Waals surface area contributed by atoms with E-state index in [4.69, 9.17) is 5.11 Å². The Bertz CT molecular complexity index is 747. The molecule has 0 saturated carbocycles. The molecule has 0 radical (unpaired) electrons. The van der Waals surface area contributed by atoms with Crippen LogP contribution in [0.15, 0.2) is 30.3 Å². The summed E-state index contributed by atoms with van der Waals surface area (Å²) >= 11 is 0. The number of amides is 1. The minimum Gasteiger partial charge on any atom is -0.481 e. The number of rotatable bonds is 5. The molecule has 5 nitrogen and oxygen atoms in total. The van der Waals surface area contributed by atoms with Crippen LogP contribution in [0.3, 0.4) is 0 Å².